The lowest BCUT2D eigenvalue weighted by atomic mass is 9.96. The molecule has 138 valence electrons. The van der Waals surface area contributed by atoms with Crippen molar-refractivity contribution in [1.82, 2.24) is 14.9 Å². The van der Waals surface area contributed by atoms with Crippen molar-refractivity contribution in [3.8, 4) is 5.88 Å². The van der Waals surface area contributed by atoms with Crippen LogP contribution < -0.4 is 15.6 Å². The van der Waals surface area contributed by atoms with Crippen molar-refractivity contribution < 1.29 is 9.53 Å². The highest BCUT2D eigenvalue weighted by atomic mass is 16.5. The predicted octanol–water partition coefficient (Wildman–Crippen LogP) is 2.77. The van der Waals surface area contributed by atoms with Gasteiger partial charge in [0.25, 0.3) is 5.56 Å². The third kappa shape index (κ3) is 3.07. The molecule has 0 radical (unpaired) electrons. The van der Waals surface area contributed by atoms with Crippen LogP contribution in [0.4, 0.5) is 0 Å². The smallest absolute Gasteiger partial charge is 0.265 e. The molecule has 0 spiro atoms. The van der Waals surface area contributed by atoms with Crippen LogP contribution in [-0.4, -0.2) is 15.5 Å². The standard InChI is InChI=1S/C21H21N3O3/c1-13(2)17-18-23-20-15(10-6-7-11-27-20)21(26)24(18)16(19(25)22-17)12-14-8-4-3-5-9-14/h3-11,13,16-17H,12H2,1-2H3,(H,22,25)/t16-,17+/m1/s1. The van der Waals surface area contributed by atoms with Gasteiger partial charge in [-0.15, -0.1) is 0 Å². The Morgan fingerprint density at radius 3 is 2.70 bits per heavy atom. The van der Waals surface area contributed by atoms with Crippen LogP contribution in [0.5, 0.6) is 5.88 Å². The highest BCUT2D eigenvalue weighted by Gasteiger charge is 2.37. The average molecular weight is 363 g/mol. The predicted molar refractivity (Wildman–Crippen MR) is 102 cm³/mol. The summed E-state index contributed by atoms with van der Waals surface area (Å²) in [4.78, 5) is 30.8. The zero-order valence-electron chi connectivity index (χ0n) is 15.3. The first kappa shape index (κ1) is 17.3. The molecule has 2 aromatic rings. The minimum Gasteiger partial charge on any atom is -0.446 e. The minimum absolute atomic E-state index is 0.0830. The Morgan fingerprint density at radius 1 is 1.19 bits per heavy atom. The molecule has 2 aliphatic rings. The number of ether oxygens (including phenoxy) is 1. The summed E-state index contributed by atoms with van der Waals surface area (Å²) in [6.07, 6.45) is 7.04. The molecule has 1 N–H and O–H groups in total. The van der Waals surface area contributed by atoms with E-state index in [0.29, 0.717) is 17.8 Å². The van der Waals surface area contributed by atoms with E-state index < -0.39 is 6.04 Å². The molecule has 0 saturated heterocycles. The van der Waals surface area contributed by atoms with Gasteiger partial charge >= 0.3 is 0 Å². The van der Waals surface area contributed by atoms with Crippen LogP contribution in [0.3, 0.4) is 0 Å². The molecule has 0 bridgehead atoms. The van der Waals surface area contributed by atoms with Crippen molar-refractivity contribution in [1.29, 1.82) is 0 Å². The molecule has 0 saturated carbocycles. The molecule has 2 atom stereocenters. The van der Waals surface area contributed by atoms with Gasteiger partial charge in [-0.05, 0) is 23.6 Å². The molecule has 6 nitrogen and oxygen atoms in total. The maximum atomic E-state index is 13.3. The number of benzene rings is 1. The zero-order chi connectivity index (χ0) is 19.0. The number of fused-ring (bicyclic) bond motifs is 2. The first-order valence-electron chi connectivity index (χ1n) is 9.07. The molecule has 1 aromatic heterocycles. The maximum absolute atomic E-state index is 13.3. The third-order valence-corrected chi connectivity index (χ3v) is 4.90. The van der Waals surface area contributed by atoms with Crippen molar-refractivity contribution in [3.63, 3.8) is 0 Å². The SMILES string of the molecule is CC(C)[C@@H]1NC(=O)[C@@H](Cc2ccccc2)n2c1nc1c(c2=O)C=CC=CO1. The van der Waals surface area contributed by atoms with Crippen LogP contribution in [0.1, 0.15) is 42.9 Å². The molecule has 27 heavy (non-hydrogen) atoms. The van der Waals surface area contributed by atoms with Gasteiger partial charge in [0.2, 0.25) is 11.8 Å². The molecule has 6 heteroatoms. The Morgan fingerprint density at radius 2 is 1.96 bits per heavy atom. The van der Waals surface area contributed by atoms with Crippen LogP contribution in [0, 0.1) is 5.92 Å². The number of rotatable bonds is 3. The van der Waals surface area contributed by atoms with E-state index in [-0.39, 0.29) is 29.3 Å². The molecular formula is C21H21N3O3. The van der Waals surface area contributed by atoms with Gasteiger partial charge in [0.1, 0.15) is 17.4 Å². The van der Waals surface area contributed by atoms with Crippen molar-refractivity contribution in [2.75, 3.05) is 0 Å². The van der Waals surface area contributed by atoms with Crippen molar-refractivity contribution >= 4 is 12.0 Å². The van der Waals surface area contributed by atoms with E-state index in [9.17, 15) is 9.59 Å². The summed E-state index contributed by atoms with van der Waals surface area (Å²) in [6.45, 7) is 3.98. The number of nitrogens with zero attached hydrogens (tertiary/aromatic N) is 2. The summed E-state index contributed by atoms with van der Waals surface area (Å²) in [5, 5.41) is 3.04. The summed E-state index contributed by atoms with van der Waals surface area (Å²) >= 11 is 0. The van der Waals surface area contributed by atoms with Crippen molar-refractivity contribution in [2.24, 2.45) is 5.92 Å². The lowest BCUT2D eigenvalue weighted by Crippen LogP contribution is -2.50. The molecular weight excluding hydrogens is 342 g/mol. The summed E-state index contributed by atoms with van der Waals surface area (Å²) in [5.74, 6) is 0.736. The summed E-state index contributed by atoms with van der Waals surface area (Å²) in [6, 6.07) is 8.69. The number of amides is 1. The Hall–Kier alpha value is -3.15. The topological polar surface area (TPSA) is 73.2 Å². The number of carbonyl (C=O) groups excluding carboxylic acids is 1. The van der Waals surface area contributed by atoms with Crippen LogP contribution >= 0.6 is 0 Å². The van der Waals surface area contributed by atoms with Crippen LogP contribution in [0.15, 0.2) is 53.5 Å². The van der Waals surface area contributed by atoms with E-state index in [1.165, 1.54) is 6.26 Å². The van der Waals surface area contributed by atoms with E-state index in [1.54, 1.807) is 22.8 Å². The van der Waals surface area contributed by atoms with Gasteiger partial charge in [-0.1, -0.05) is 50.3 Å². The van der Waals surface area contributed by atoms with Gasteiger partial charge < -0.3 is 10.1 Å². The van der Waals surface area contributed by atoms with E-state index in [4.69, 9.17) is 4.74 Å². The van der Waals surface area contributed by atoms with E-state index in [0.717, 1.165) is 5.56 Å². The summed E-state index contributed by atoms with van der Waals surface area (Å²) in [7, 11) is 0. The maximum Gasteiger partial charge on any atom is 0.265 e. The van der Waals surface area contributed by atoms with Crippen molar-refractivity contribution in [3.05, 3.63) is 76.1 Å². The highest BCUT2D eigenvalue weighted by molar-refractivity contribution is 5.82. The van der Waals surface area contributed by atoms with Crippen molar-refractivity contribution in [2.45, 2.75) is 32.4 Å². The average Bonchev–Trinajstić information content (AvgIpc) is 2.90. The Balaban J connectivity index is 1.90. The van der Waals surface area contributed by atoms with Gasteiger partial charge in [-0.3, -0.25) is 14.2 Å². The number of allylic oxidation sites excluding steroid dienone is 2. The van der Waals surface area contributed by atoms with Gasteiger partial charge in [0.15, 0.2) is 0 Å². The number of aromatic nitrogens is 2. The molecule has 0 unspecified atom stereocenters. The summed E-state index contributed by atoms with van der Waals surface area (Å²) in [5.41, 5.74) is 1.09. The van der Waals surface area contributed by atoms with Crippen LogP contribution in [0.2, 0.25) is 0 Å². The largest absolute Gasteiger partial charge is 0.446 e. The fourth-order valence-electron chi connectivity index (χ4n) is 3.51. The molecule has 2 aliphatic heterocycles. The molecule has 0 fully saturated rings. The third-order valence-electron chi connectivity index (χ3n) is 4.90. The zero-order valence-corrected chi connectivity index (χ0v) is 15.3. The summed E-state index contributed by atoms with van der Waals surface area (Å²) < 4.78 is 7.07. The Bertz CT molecular complexity index is 990. The first-order valence-corrected chi connectivity index (χ1v) is 9.07. The molecule has 0 aliphatic carbocycles. The Labute approximate surface area is 157 Å². The van der Waals surface area contributed by atoms with Gasteiger partial charge in [0, 0.05) is 6.42 Å². The molecule has 1 amide bonds. The van der Waals surface area contributed by atoms with Crippen LogP contribution in [0.25, 0.3) is 6.08 Å². The van der Waals surface area contributed by atoms with Gasteiger partial charge in [0.05, 0.1) is 12.3 Å². The fraction of sp³-hybridized carbons (Fsp3) is 0.286. The molecule has 4 rings (SSSR count). The van der Waals surface area contributed by atoms with Crippen LogP contribution in [-0.2, 0) is 11.2 Å². The van der Waals surface area contributed by atoms with E-state index >= 15 is 0 Å². The lowest BCUT2D eigenvalue weighted by Gasteiger charge is -2.35. The number of hydrogen-bond acceptors (Lipinski definition) is 4. The van der Waals surface area contributed by atoms with Gasteiger partial charge in [-0.25, -0.2) is 0 Å². The number of nitrogens with one attached hydrogen (secondary N) is 1. The monoisotopic (exact) mass is 363 g/mol. The fourth-order valence-corrected chi connectivity index (χ4v) is 3.51. The second-order valence-corrected chi connectivity index (χ2v) is 7.11. The Kier molecular flexibility index (Phi) is 4.39. The molecule has 3 heterocycles. The van der Waals surface area contributed by atoms with E-state index in [1.807, 2.05) is 44.2 Å². The number of carbonyl (C=O) groups is 1. The second-order valence-electron chi connectivity index (χ2n) is 7.11. The second kappa shape index (κ2) is 6.87. The van der Waals surface area contributed by atoms with Gasteiger partial charge in [-0.2, -0.15) is 4.98 Å². The normalized spacial score (nSPS) is 20.5. The molecule has 1 aromatic carbocycles. The highest BCUT2D eigenvalue weighted by Crippen LogP contribution is 2.31. The quantitative estimate of drug-likeness (QED) is 0.910. The lowest BCUT2D eigenvalue weighted by molar-refractivity contribution is -0.127. The van der Waals surface area contributed by atoms with E-state index in [2.05, 4.69) is 10.3 Å². The minimum atomic E-state index is -0.646. The first-order chi connectivity index (χ1) is 13.1. The number of hydrogen-bond donors (Lipinski definition) is 1.